The van der Waals surface area contributed by atoms with Gasteiger partial charge in [0.05, 0.1) is 11.7 Å². The highest BCUT2D eigenvalue weighted by molar-refractivity contribution is 5.22. The second kappa shape index (κ2) is 5.56. The van der Waals surface area contributed by atoms with E-state index in [0.29, 0.717) is 12.1 Å². The molecular weight excluding hydrogens is 262 g/mol. The fourth-order valence-corrected chi connectivity index (χ4v) is 3.86. The van der Waals surface area contributed by atoms with Gasteiger partial charge in [-0.05, 0) is 75.8 Å². The minimum Gasteiger partial charge on any atom is -0.314 e. The summed E-state index contributed by atoms with van der Waals surface area (Å²) in [6.07, 6.45) is 10.6. The standard InChI is InChI=1S/C17H25N3O/c21-17-10-13-2-1-3-16(13)19-20(17)15-8-6-14(7-9-15)18-11-12-4-5-12/h10,12,14-15,18H,1-9,11H2. The maximum Gasteiger partial charge on any atom is 0.267 e. The van der Waals surface area contributed by atoms with Gasteiger partial charge < -0.3 is 5.32 Å². The molecule has 0 bridgehead atoms. The minimum atomic E-state index is 0.116. The van der Waals surface area contributed by atoms with Crippen molar-refractivity contribution in [1.29, 1.82) is 0 Å². The molecule has 3 aliphatic rings. The Kier molecular flexibility index (Phi) is 3.57. The number of nitrogens with one attached hydrogen (secondary N) is 1. The predicted octanol–water partition coefficient (Wildman–Crippen LogP) is 2.22. The van der Waals surface area contributed by atoms with Crippen molar-refractivity contribution in [2.24, 2.45) is 5.92 Å². The number of hydrogen-bond donors (Lipinski definition) is 1. The van der Waals surface area contributed by atoms with Crippen molar-refractivity contribution < 1.29 is 0 Å². The van der Waals surface area contributed by atoms with Crippen LogP contribution in [0.25, 0.3) is 0 Å². The molecule has 3 aliphatic carbocycles. The van der Waals surface area contributed by atoms with Crippen molar-refractivity contribution in [2.75, 3.05) is 6.54 Å². The Hall–Kier alpha value is -1.16. The lowest BCUT2D eigenvalue weighted by molar-refractivity contribution is 0.267. The number of nitrogens with zero attached hydrogens (tertiary/aromatic N) is 2. The van der Waals surface area contributed by atoms with Crippen LogP contribution in [0, 0.1) is 5.92 Å². The van der Waals surface area contributed by atoms with Gasteiger partial charge in [-0.2, -0.15) is 5.10 Å². The van der Waals surface area contributed by atoms with Gasteiger partial charge in [-0.1, -0.05) is 0 Å². The molecule has 4 nitrogen and oxygen atoms in total. The molecule has 0 saturated heterocycles. The summed E-state index contributed by atoms with van der Waals surface area (Å²) in [4.78, 5) is 12.3. The van der Waals surface area contributed by atoms with E-state index in [0.717, 1.165) is 38.0 Å². The van der Waals surface area contributed by atoms with E-state index in [1.807, 2.05) is 6.07 Å². The first-order valence-corrected chi connectivity index (χ1v) is 8.64. The van der Waals surface area contributed by atoms with Gasteiger partial charge in [0, 0.05) is 12.1 Å². The molecule has 1 aromatic heterocycles. The zero-order valence-corrected chi connectivity index (χ0v) is 12.7. The predicted molar refractivity (Wildman–Crippen MR) is 82.5 cm³/mol. The molecule has 0 aliphatic heterocycles. The van der Waals surface area contributed by atoms with E-state index >= 15 is 0 Å². The van der Waals surface area contributed by atoms with Crippen molar-refractivity contribution in [3.63, 3.8) is 0 Å². The normalized spacial score (nSPS) is 28.6. The van der Waals surface area contributed by atoms with Crippen LogP contribution in [0.3, 0.4) is 0 Å². The first-order valence-electron chi connectivity index (χ1n) is 8.64. The Balaban J connectivity index is 1.40. The molecule has 0 aromatic carbocycles. The summed E-state index contributed by atoms with van der Waals surface area (Å²) in [6, 6.07) is 2.82. The first-order chi connectivity index (χ1) is 10.3. The lowest BCUT2D eigenvalue weighted by Crippen LogP contribution is -2.37. The molecule has 1 heterocycles. The van der Waals surface area contributed by atoms with E-state index in [1.165, 1.54) is 43.5 Å². The van der Waals surface area contributed by atoms with Crippen LogP contribution in [-0.4, -0.2) is 22.4 Å². The van der Waals surface area contributed by atoms with E-state index in [1.54, 1.807) is 4.68 Å². The third-order valence-electron chi connectivity index (χ3n) is 5.42. The SMILES string of the molecule is O=c1cc2c(nn1C1CCC(NCC3CC3)CC1)CCC2. The smallest absolute Gasteiger partial charge is 0.267 e. The van der Waals surface area contributed by atoms with Crippen LogP contribution in [0.1, 0.15) is 62.2 Å². The molecule has 0 radical (unpaired) electrons. The second-order valence-electron chi connectivity index (χ2n) is 7.11. The van der Waals surface area contributed by atoms with Crippen LogP contribution in [-0.2, 0) is 12.8 Å². The molecule has 0 spiro atoms. The van der Waals surface area contributed by atoms with Gasteiger partial charge in [0.1, 0.15) is 0 Å². The van der Waals surface area contributed by atoms with Gasteiger partial charge in [-0.25, -0.2) is 4.68 Å². The number of hydrogen-bond acceptors (Lipinski definition) is 3. The Morgan fingerprint density at radius 3 is 2.71 bits per heavy atom. The zero-order valence-electron chi connectivity index (χ0n) is 12.7. The maximum atomic E-state index is 12.3. The number of fused-ring (bicyclic) bond motifs is 1. The van der Waals surface area contributed by atoms with Crippen molar-refractivity contribution in [3.05, 3.63) is 27.7 Å². The number of aromatic nitrogens is 2. The highest BCUT2D eigenvalue weighted by Gasteiger charge is 2.27. The van der Waals surface area contributed by atoms with Crippen molar-refractivity contribution in [3.8, 4) is 0 Å². The second-order valence-corrected chi connectivity index (χ2v) is 7.11. The largest absolute Gasteiger partial charge is 0.314 e. The third-order valence-corrected chi connectivity index (χ3v) is 5.42. The van der Waals surface area contributed by atoms with Gasteiger partial charge in [0.25, 0.3) is 5.56 Å². The van der Waals surface area contributed by atoms with E-state index < -0.39 is 0 Å². The lowest BCUT2D eigenvalue weighted by Gasteiger charge is -2.30. The molecular formula is C17H25N3O. The van der Waals surface area contributed by atoms with Gasteiger partial charge in [0.15, 0.2) is 0 Å². The molecule has 114 valence electrons. The van der Waals surface area contributed by atoms with Gasteiger partial charge in [-0.15, -0.1) is 0 Å². The lowest BCUT2D eigenvalue weighted by atomic mass is 9.91. The van der Waals surface area contributed by atoms with Gasteiger partial charge in [-0.3, -0.25) is 4.79 Å². The summed E-state index contributed by atoms with van der Waals surface area (Å²) in [7, 11) is 0. The molecule has 0 atom stereocenters. The number of rotatable bonds is 4. The topological polar surface area (TPSA) is 46.9 Å². The molecule has 21 heavy (non-hydrogen) atoms. The quantitative estimate of drug-likeness (QED) is 0.923. The van der Waals surface area contributed by atoms with E-state index in [2.05, 4.69) is 10.4 Å². The summed E-state index contributed by atoms with van der Waals surface area (Å²) in [5, 5.41) is 8.37. The van der Waals surface area contributed by atoms with Crippen LogP contribution in [0.15, 0.2) is 10.9 Å². The van der Waals surface area contributed by atoms with Crippen LogP contribution in [0.5, 0.6) is 0 Å². The average molecular weight is 287 g/mol. The van der Waals surface area contributed by atoms with E-state index in [-0.39, 0.29) is 5.56 Å². The Bertz CT molecular complexity index is 568. The Morgan fingerprint density at radius 2 is 1.95 bits per heavy atom. The molecule has 4 heteroatoms. The van der Waals surface area contributed by atoms with Gasteiger partial charge in [0.2, 0.25) is 0 Å². The molecule has 4 rings (SSSR count). The molecule has 2 saturated carbocycles. The van der Waals surface area contributed by atoms with Crippen molar-refractivity contribution in [1.82, 2.24) is 15.1 Å². The van der Waals surface area contributed by atoms with Crippen LogP contribution < -0.4 is 10.9 Å². The summed E-state index contributed by atoms with van der Waals surface area (Å²) in [6.45, 7) is 1.20. The maximum absolute atomic E-state index is 12.3. The monoisotopic (exact) mass is 287 g/mol. The first kappa shape index (κ1) is 13.5. The average Bonchev–Trinajstić information content (AvgIpc) is 3.23. The van der Waals surface area contributed by atoms with Crippen LogP contribution >= 0.6 is 0 Å². The molecule has 1 aromatic rings. The third kappa shape index (κ3) is 2.91. The Morgan fingerprint density at radius 1 is 1.14 bits per heavy atom. The zero-order chi connectivity index (χ0) is 14.2. The van der Waals surface area contributed by atoms with E-state index in [4.69, 9.17) is 0 Å². The summed E-state index contributed by atoms with van der Waals surface area (Å²) in [5.74, 6) is 0.948. The summed E-state index contributed by atoms with van der Waals surface area (Å²) >= 11 is 0. The fraction of sp³-hybridized carbons (Fsp3) is 0.765. The summed E-state index contributed by atoms with van der Waals surface area (Å²) in [5.41, 5.74) is 2.48. The van der Waals surface area contributed by atoms with Crippen molar-refractivity contribution >= 4 is 0 Å². The van der Waals surface area contributed by atoms with Crippen LogP contribution in [0.2, 0.25) is 0 Å². The van der Waals surface area contributed by atoms with E-state index in [9.17, 15) is 4.79 Å². The number of aryl methyl sites for hydroxylation is 2. The minimum absolute atomic E-state index is 0.116. The van der Waals surface area contributed by atoms with Crippen molar-refractivity contribution in [2.45, 2.75) is 69.9 Å². The molecule has 0 amide bonds. The molecule has 1 N–H and O–H groups in total. The molecule has 0 unspecified atom stereocenters. The summed E-state index contributed by atoms with van der Waals surface area (Å²) < 4.78 is 1.79. The molecule has 2 fully saturated rings. The Labute approximate surface area is 125 Å². The highest BCUT2D eigenvalue weighted by atomic mass is 16.1. The van der Waals surface area contributed by atoms with Crippen LogP contribution in [0.4, 0.5) is 0 Å². The fourth-order valence-electron chi connectivity index (χ4n) is 3.86. The van der Waals surface area contributed by atoms with Gasteiger partial charge >= 0.3 is 0 Å². The highest BCUT2D eigenvalue weighted by Crippen LogP contribution is 2.30.